The van der Waals surface area contributed by atoms with E-state index in [1.807, 2.05) is 91.0 Å². The van der Waals surface area contributed by atoms with Gasteiger partial charge < -0.3 is 21.3 Å². The van der Waals surface area contributed by atoms with Crippen LogP contribution in [0, 0.1) is 5.92 Å². The average Bonchev–Trinajstić information content (AvgIpc) is 3.11. The van der Waals surface area contributed by atoms with Gasteiger partial charge in [-0.1, -0.05) is 115 Å². The Morgan fingerprint density at radius 1 is 0.596 bits per heavy atom. The Labute approximate surface area is 276 Å². The van der Waals surface area contributed by atoms with Crippen LogP contribution < -0.4 is 21.3 Å². The van der Waals surface area contributed by atoms with Crippen molar-refractivity contribution in [3.63, 3.8) is 0 Å². The summed E-state index contributed by atoms with van der Waals surface area (Å²) in [6.45, 7) is 1.99. The van der Waals surface area contributed by atoms with Crippen molar-refractivity contribution in [2.75, 3.05) is 19.6 Å². The Morgan fingerprint density at radius 3 is 1.72 bits per heavy atom. The van der Waals surface area contributed by atoms with Gasteiger partial charge in [-0.15, -0.1) is 0 Å². The highest BCUT2D eigenvalue weighted by Crippen LogP contribution is 2.19. The maximum absolute atomic E-state index is 14.1. The zero-order valence-corrected chi connectivity index (χ0v) is 26.6. The van der Waals surface area contributed by atoms with E-state index in [0.29, 0.717) is 25.8 Å². The van der Waals surface area contributed by atoms with Gasteiger partial charge >= 0.3 is 0 Å². The maximum atomic E-state index is 14.1. The van der Waals surface area contributed by atoms with E-state index in [-0.39, 0.29) is 23.6 Å². The molecular weight excluding hydrogens is 584 g/mol. The Bertz CT molecular complexity index is 1830. The molecule has 7 nitrogen and oxygen atoms in total. The van der Waals surface area contributed by atoms with Crippen LogP contribution in [-0.2, 0) is 33.6 Å². The molecule has 2 unspecified atom stereocenters. The van der Waals surface area contributed by atoms with Crippen LogP contribution in [-0.4, -0.2) is 49.4 Å². The fraction of sp³-hybridized carbons (Fsp3) is 0.275. The largest absolute Gasteiger partial charge is 0.354 e. The zero-order chi connectivity index (χ0) is 32.4. The molecule has 1 heterocycles. The highest BCUT2D eigenvalue weighted by molar-refractivity contribution is 5.93. The molecule has 1 aliphatic rings. The average molecular weight is 627 g/mol. The summed E-state index contributed by atoms with van der Waals surface area (Å²) in [7, 11) is 0. The Morgan fingerprint density at radius 2 is 1.13 bits per heavy atom. The molecule has 240 valence electrons. The number of nitrogens with one attached hydrogen (secondary N) is 4. The van der Waals surface area contributed by atoms with Crippen molar-refractivity contribution in [2.24, 2.45) is 5.92 Å². The second-order valence-corrected chi connectivity index (χ2v) is 12.4. The van der Waals surface area contributed by atoms with Crippen molar-refractivity contribution in [1.29, 1.82) is 0 Å². The van der Waals surface area contributed by atoms with Crippen molar-refractivity contribution < 1.29 is 14.4 Å². The van der Waals surface area contributed by atoms with Crippen LogP contribution in [0.2, 0.25) is 0 Å². The molecule has 1 aliphatic heterocycles. The lowest BCUT2D eigenvalue weighted by Crippen LogP contribution is -2.56. The van der Waals surface area contributed by atoms with Gasteiger partial charge in [-0.2, -0.15) is 0 Å². The SMILES string of the molecule is O=C(NC(Cc1ccc2ccccc2c1)C(=O)NC(Cc1ccc2ccccc2c1)C(=O)NCCc1ccccc1)C1CCNCC1. The fourth-order valence-corrected chi connectivity index (χ4v) is 6.37. The van der Waals surface area contributed by atoms with E-state index >= 15 is 0 Å². The normalized spacial score (nSPS) is 14.7. The Kier molecular flexibility index (Phi) is 10.6. The molecule has 0 spiro atoms. The topological polar surface area (TPSA) is 99.3 Å². The van der Waals surface area contributed by atoms with Crippen molar-refractivity contribution in [2.45, 2.75) is 44.2 Å². The number of fused-ring (bicyclic) bond motifs is 2. The lowest BCUT2D eigenvalue weighted by atomic mass is 9.95. The van der Waals surface area contributed by atoms with Crippen molar-refractivity contribution in [1.82, 2.24) is 21.3 Å². The number of piperidine rings is 1. The first-order chi connectivity index (χ1) is 23.0. The molecule has 0 radical (unpaired) electrons. The molecule has 5 aromatic carbocycles. The van der Waals surface area contributed by atoms with E-state index in [1.165, 1.54) is 0 Å². The first kappa shape index (κ1) is 32.0. The highest BCUT2D eigenvalue weighted by atomic mass is 16.2. The van der Waals surface area contributed by atoms with Gasteiger partial charge in [-0.05, 0) is 70.6 Å². The second kappa shape index (κ2) is 15.5. The molecule has 5 aromatic rings. The van der Waals surface area contributed by atoms with Crippen LogP contribution in [0.4, 0.5) is 0 Å². The summed E-state index contributed by atoms with van der Waals surface area (Å²) < 4.78 is 0. The summed E-state index contributed by atoms with van der Waals surface area (Å²) in [5, 5.41) is 16.8. The zero-order valence-electron chi connectivity index (χ0n) is 26.6. The lowest BCUT2D eigenvalue weighted by Gasteiger charge is -2.27. The molecular formula is C40H42N4O3. The molecule has 0 saturated carbocycles. The number of carbonyl (C=O) groups is 3. The quantitative estimate of drug-likeness (QED) is 0.155. The summed E-state index contributed by atoms with van der Waals surface area (Å²) in [5.74, 6) is -0.898. The summed E-state index contributed by atoms with van der Waals surface area (Å²) in [5.41, 5.74) is 3.00. The van der Waals surface area contributed by atoms with E-state index in [2.05, 4.69) is 45.5 Å². The third kappa shape index (κ3) is 8.63. The summed E-state index contributed by atoms with van der Waals surface area (Å²) in [6.07, 6.45) is 2.76. The van der Waals surface area contributed by atoms with E-state index in [9.17, 15) is 14.4 Å². The third-order valence-corrected chi connectivity index (χ3v) is 9.04. The molecule has 3 amide bonds. The van der Waals surface area contributed by atoms with E-state index < -0.39 is 12.1 Å². The number of carbonyl (C=O) groups excluding carboxylic acids is 3. The number of hydrogen-bond acceptors (Lipinski definition) is 4. The first-order valence-corrected chi connectivity index (χ1v) is 16.6. The van der Waals surface area contributed by atoms with Crippen LogP contribution in [0.3, 0.4) is 0 Å². The minimum absolute atomic E-state index is 0.120. The third-order valence-electron chi connectivity index (χ3n) is 9.04. The molecule has 6 rings (SSSR count). The second-order valence-electron chi connectivity index (χ2n) is 12.4. The number of rotatable bonds is 12. The Hall–Kier alpha value is -5.01. The van der Waals surface area contributed by atoms with Crippen molar-refractivity contribution in [3.05, 3.63) is 132 Å². The maximum Gasteiger partial charge on any atom is 0.243 e. The van der Waals surface area contributed by atoms with Gasteiger partial charge in [0.2, 0.25) is 17.7 Å². The van der Waals surface area contributed by atoms with Gasteiger partial charge in [-0.25, -0.2) is 0 Å². The van der Waals surface area contributed by atoms with Gasteiger partial charge in [0.25, 0.3) is 0 Å². The van der Waals surface area contributed by atoms with Crippen LogP contribution in [0.1, 0.15) is 29.5 Å². The number of benzene rings is 5. The monoisotopic (exact) mass is 626 g/mol. The van der Waals surface area contributed by atoms with Crippen LogP contribution in [0.25, 0.3) is 21.5 Å². The minimum atomic E-state index is -0.838. The van der Waals surface area contributed by atoms with Gasteiger partial charge in [0.15, 0.2) is 0 Å². The van der Waals surface area contributed by atoms with Crippen molar-refractivity contribution >= 4 is 39.3 Å². The van der Waals surface area contributed by atoms with E-state index in [0.717, 1.165) is 64.2 Å². The van der Waals surface area contributed by atoms with Crippen LogP contribution >= 0.6 is 0 Å². The molecule has 47 heavy (non-hydrogen) atoms. The highest BCUT2D eigenvalue weighted by Gasteiger charge is 2.30. The smallest absolute Gasteiger partial charge is 0.243 e. The van der Waals surface area contributed by atoms with E-state index in [1.54, 1.807) is 0 Å². The molecule has 2 atom stereocenters. The Balaban J connectivity index is 1.23. The van der Waals surface area contributed by atoms with Crippen molar-refractivity contribution in [3.8, 4) is 0 Å². The summed E-state index contributed by atoms with van der Waals surface area (Å²) in [6, 6.07) is 36.7. The van der Waals surface area contributed by atoms with Crippen LogP contribution in [0.15, 0.2) is 115 Å². The number of hydrogen-bond donors (Lipinski definition) is 4. The van der Waals surface area contributed by atoms with Gasteiger partial charge in [0.05, 0.1) is 0 Å². The predicted molar refractivity (Wildman–Crippen MR) is 188 cm³/mol. The predicted octanol–water partition coefficient (Wildman–Crippen LogP) is 5.11. The lowest BCUT2D eigenvalue weighted by molar-refractivity contribution is -0.133. The molecule has 0 bridgehead atoms. The molecule has 1 saturated heterocycles. The summed E-state index contributed by atoms with van der Waals surface area (Å²) in [4.78, 5) is 41.3. The molecule has 0 aliphatic carbocycles. The first-order valence-electron chi connectivity index (χ1n) is 16.6. The van der Waals surface area contributed by atoms with Gasteiger partial charge in [0.1, 0.15) is 12.1 Å². The van der Waals surface area contributed by atoms with E-state index in [4.69, 9.17) is 0 Å². The fourth-order valence-electron chi connectivity index (χ4n) is 6.37. The molecule has 1 fully saturated rings. The minimum Gasteiger partial charge on any atom is -0.354 e. The number of amides is 3. The summed E-state index contributed by atoms with van der Waals surface area (Å²) >= 11 is 0. The van der Waals surface area contributed by atoms with Crippen LogP contribution in [0.5, 0.6) is 0 Å². The molecule has 7 heteroatoms. The van der Waals surface area contributed by atoms with Gasteiger partial charge in [-0.3, -0.25) is 14.4 Å². The standard InChI is InChI=1S/C40H42N4O3/c45-38(33-19-21-41-22-20-33)43-37(27-30-15-17-32-11-5-7-13-35(32)25-30)40(47)44-36(39(46)42-23-18-28-8-2-1-3-9-28)26-29-14-16-31-10-4-6-12-34(31)24-29/h1-17,24-25,33,36-37,41H,18-23,26-27H2,(H,42,46)(H,43,45)(H,44,47). The molecule has 0 aromatic heterocycles. The van der Waals surface area contributed by atoms with Gasteiger partial charge in [0, 0.05) is 25.3 Å². The molecule has 4 N–H and O–H groups in total.